The van der Waals surface area contributed by atoms with Gasteiger partial charge in [0.05, 0.1) is 5.41 Å². The van der Waals surface area contributed by atoms with Crippen molar-refractivity contribution in [3.63, 3.8) is 0 Å². The molecule has 1 saturated heterocycles. The Morgan fingerprint density at radius 1 is 1.54 bits per heavy atom. The van der Waals surface area contributed by atoms with Crippen molar-refractivity contribution in [1.82, 2.24) is 5.32 Å². The fraction of sp³-hybridized carbons (Fsp3) is 0.900. The van der Waals surface area contributed by atoms with Crippen LogP contribution in [0.15, 0.2) is 0 Å². The van der Waals surface area contributed by atoms with Crippen LogP contribution in [-0.2, 0) is 9.53 Å². The Labute approximate surface area is 78.8 Å². The SMILES string of the molecule is CC(C)(C)OC(=O)[C@@]12CNC[C@H]1C2. The van der Waals surface area contributed by atoms with Gasteiger partial charge >= 0.3 is 5.97 Å². The first-order valence-corrected chi connectivity index (χ1v) is 4.88. The van der Waals surface area contributed by atoms with Crippen LogP contribution in [0.5, 0.6) is 0 Å². The van der Waals surface area contributed by atoms with Crippen LogP contribution in [0.3, 0.4) is 0 Å². The lowest BCUT2D eigenvalue weighted by Gasteiger charge is -2.22. The Hall–Kier alpha value is -0.570. The average molecular weight is 183 g/mol. The number of piperidine rings is 1. The quantitative estimate of drug-likeness (QED) is 0.615. The second-order valence-corrected chi connectivity index (χ2v) is 5.19. The third-order valence-corrected chi connectivity index (χ3v) is 2.87. The highest BCUT2D eigenvalue weighted by Gasteiger charge is 2.64. The molecule has 2 atom stereocenters. The Bertz CT molecular complexity index is 244. The number of hydrogen-bond acceptors (Lipinski definition) is 3. The van der Waals surface area contributed by atoms with Crippen LogP contribution in [-0.4, -0.2) is 24.7 Å². The summed E-state index contributed by atoms with van der Waals surface area (Å²) in [5.74, 6) is 0.539. The van der Waals surface area contributed by atoms with Crippen molar-refractivity contribution in [3.05, 3.63) is 0 Å². The van der Waals surface area contributed by atoms with Crippen molar-refractivity contribution >= 4 is 5.97 Å². The first-order valence-electron chi connectivity index (χ1n) is 4.88. The molecule has 0 aromatic rings. The van der Waals surface area contributed by atoms with E-state index in [1.54, 1.807) is 0 Å². The van der Waals surface area contributed by atoms with Crippen molar-refractivity contribution in [2.45, 2.75) is 32.8 Å². The minimum absolute atomic E-state index is 0.00463. The smallest absolute Gasteiger partial charge is 0.314 e. The van der Waals surface area contributed by atoms with Crippen molar-refractivity contribution in [1.29, 1.82) is 0 Å². The van der Waals surface area contributed by atoms with E-state index < -0.39 is 0 Å². The van der Waals surface area contributed by atoms with E-state index in [9.17, 15) is 4.79 Å². The summed E-state index contributed by atoms with van der Waals surface area (Å²) in [6.07, 6.45) is 1.02. The number of hydrogen-bond donors (Lipinski definition) is 1. The highest BCUT2D eigenvalue weighted by molar-refractivity contribution is 5.82. The third-order valence-electron chi connectivity index (χ3n) is 2.87. The second-order valence-electron chi connectivity index (χ2n) is 5.19. The van der Waals surface area contributed by atoms with Crippen LogP contribution in [0.1, 0.15) is 27.2 Å². The average Bonchev–Trinajstić information content (AvgIpc) is 2.52. The molecule has 1 saturated carbocycles. The van der Waals surface area contributed by atoms with Crippen molar-refractivity contribution in [2.75, 3.05) is 13.1 Å². The van der Waals surface area contributed by atoms with Crippen LogP contribution < -0.4 is 5.32 Å². The largest absolute Gasteiger partial charge is 0.459 e. The van der Waals surface area contributed by atoms with Crippen LogP contribution in [0, 0.1) is 11.3 Å². The Balaban J connectivity index is 1.99. The first-order chi connectivity index (χ1) is 5.94. The molecular weight excluding hydrogens is 166 g/mol. The molecule has 1 aliphatic carbocycles. The van der Waals surface area contributed by atoms with Gasteiger partial charge in [-0.2, -0.15) is 0 Å². The maximum atomic E-state index is 11.8. The van der Waals surface area contributed by atoms with E-state index in [0.717, 1.165) is 19.5 Å². The highest BCUT2D eigenvalue weighted by atomic mass is 16.6. The molecule has 1 aliphatic heterocycles. The van der Waals surface area contributed by atoms with Gasteiger partial charge in [-0.3, -0.25) is 4.79 Å². The molecule has 1 N–H and O–H groups in total. The van der Waals surface area contributed by atoms with Gasteiger partial charge in [0.25, 0.3) is 0 Å². The third kappa shape index (κ3) is 1.46. The van der Waals surface area contributed by atoms with Gasteiger partial charge in [0, 0.05) is 6.54 Å². The molecule has 3 heteroatoms. The lowest BCUT2D eigenvalue weighted by Crippen LogP contribution is -2.32. The summed E-state index contributed by atoms with van der Waals surface area (Å²) in [6, 6.07) is 0. The molecule has 0 aromatic heterocycles. The van der Waals surface area contributed by atoms with Gasteiger partial charge in [-0.05, 0) is 39.7 Å². The fourth-order valence-electron chi connectivity index (χ4n) is 2.04. The van der Waals surface area contributed by atoms with Crippen molar-refractivity contribution < 1.29 is 9.53 Å². The van der Waals surface area contributed by atoms with Gasteiger partial charge in [0.1, 0.15) is 5.60 Å². The number of carbonyl (C=O) groups is 1. The summed E-state index contributed by atoms with van der Waals surface area (Å²) in [7, 11) is 0. The number of ether oxygens (including phenoxy) is 1. The normalized spacial score (nSPS) is 37.0. The Morgan fingerprint density at radius 2 is 2.23 bits per heavy atom. The predicted molar refractivity (Wildman–Crippen MR) is 49.3 cm³/mol. The number of nitrogens with one attached hydrogen (secondary N) is 1. The Morgan fingerprint density at radius 3 is 2.62 bits per heavy atom. The molecule has 0 amide bonds. The summed E-state index contributed by atoms with van der Waals surface area (Å²) < 4.78 is 5.39. The molecule has 3 nitrogen and oxygen atoms in total. The standard InChI is InChI=1S/C10H17NO2/c1-9(2,3)13-8(12)10-4-7(10)5-11-6-10/h7,11H,4-6H2,1-3H3/t7-,10+/m1/s1. The minimum Gasteiger partial charge on any atom is -0.459 e. The molecule has 1 heterocycles. The van der Waals surface area contributed by atoms with Crippen LogP contribution in [0.2, 0.25) is 0 Å². The zero-order chi connectivity index (χ0) is 9.69. The van der Waals surface area contributed by atoms with E-state index in [0.29, 0.717) is 5.92 Å². The molecule has 0 bridgehead atoms. The van der Waals surface area contributed by atoms with E-state index in [1.807, 2.05) is 20.8 Å². The number of esters is 1. The summed E-state index contributed by atoms with van der Waals surface area (Å²) in [4.78, 5) is 11.8. The van der Waals surface area contributed by atoms with Gasteiger partial charge in [-0.25, -0.2) is 0 Å². The topological polar surface area (TPSA) is 38.3 Å². The fourth-order valence-corrected chi connectivity index (χ4v) is 2.04. The molecular formula is C10H17NO2. The van der Waals surface area contributed by atoms with Crippen LogP contribution >= 0.6 is 0 Å². The number of carbonyl (C=O) groups excluding carboxylic acids is 1. The summed E-state index contributed by atoms with van der Waals surface area (Å²) in [5.41, 5.74) is -0.491. The van der Waals surface area contributed by atoms with E-state index in [4.69, 9.17) is 4.74 Å². The maximum Gasteiger partial charge on any atom is 0.314 e. The van der Waals surface area contributed by atoms with Crippen molar-refractivity contribution in [3.8, 4) is 0 Å². The number of rotatable bonds is 1. The van der Waals surface area contributed by atoms with Gasteiger partial charge in [0.15, 0.2) is 0 Å². The lowest BCUT2D eigenvalue weighted by atomic mass is 10.1. The first kappa shape index (κ1) is 9.00. The zero-order valence-corrected chi connectivity index (χ0v) is 8.52. The molecule has 0 unspecified atom stereocenters. The number of fused-ring (bicyclic) bond motifs is 1. The molecule has 0 spiro atoms. The predicted octanol–water partition coefficient (Wildman–Crippen LogP) is 0.938. The molecule has 0 radical (unpaired) electrons. The Kier molecular flexibility index (Phi) is 1.71. The molecule has 2 fully saturated rings. The summed E-state index contributed by atoms with van der Waals surface area (Å²) in [6.45, 7) is 7.55. The monoisotopic (exact) mass is 183 g/mol. The second kappa shape index (κ2) is 2.47. The van der Waals surface area contributed by atoms with Gasteiger partial charge < -0.3 is 10.1 Å². The van der Waals surface area contributed by atoms with Crippen molar-refractivity contribution in [2.24, 2.45) is 11.3 Å². The maximum absolute atomic E-state index is 11.8. The van der Waals surface area contributed by atoms with Gasteiger partial charge in [-0.15, -0.1) is 0 Å². The lowest BCUT2D eigenvalue weighted by molar-refractivity contribution is -0.161. The molecule has 2 aliphatic rings. The highest BCUT2D eigenvalue weighted by Crippen LogP contribution is 2.56. The summed E-state index contributed by atoms with van der Waals surface area (Å²) in [5, 5.41) is 3.23. The molecule has 2 rings (SSSR count). The zero-order valence-electron chi connectivity index (χ0n) is 8.52. The minimum atomic E-state index is -0.346. The van der Waals surface area contributed by atoms with Crippen LogP contribution in [0.4, 0.5) is 0 Å². The van der Waals surface area contributed by atoms with E-state index in [2.05, 4.69) is 5.32 Å². The molecule has 0 aromatic carbocycles. The summed E-state index contributed by atoms with van der Waals surface area (Å²) >= 11 is 0. The van der Waals surface area contributed by atoms with Gasteiger partial charge in [-0.1, -0.05) is 0 Å². The van der Waals surface area contributed by atoms with E-state index in [1.165, 1.54) is 0 Å². The van der Waals surface area contributed by atoms with Crippen LogP contribution in [0.25, 0.3) is 0 Å². The molecule has 13 heavy (non-hydrogen) atoms. The molecule has 74 valence electrons. The van der Waals surface area contributed by atoms with E-state index in [-0.39, 0.29) is 17.0 Å². The van der Waals surface area contributed by atoms with Gasteiger partial charge in [0.2, 0.25) is 0 Å². The van der Waals surface area contributed by atoms with E-state index >= 15 is 0 Å².